The Morgan fingerprint density at radius 1 is 1.03 bits per heavy atom. The Hall–Kier alpha value is -3.08. The molecule has 0 aliphatic rings. The quantitative estimate of drug-likeness (QED) is 0.518. The van der Waals surface area contributed by atoms with Gasteiger partial charge in [-0.05, 0) is 69.2 Å². The highest BCUT2D eigenvalue weighted by molar-refractivity contribution is 5.95. The minimum atomic E-state index is -0.940. The first-order valence-corrected chi connectivity index (χ1v) is 11.2. The Kier molecular flexibility index (Phi) is 6.77. The molecule has 0 saturated carbocycles. The van der Waals surface area contributed by atoms with Gasteiger partial charge in [0.2, 0.25) is 0 Å². The van der Waals surface area contributed by atoms with Gasteiger partial charge in [-0.15, -0.1) is 0 Å². The van der Waals surface area contributed by atoms with E-state index in [1.54, 1.807) is 12.1 Å². The lowest BCUT2D eigenvalue weighted by Gasteiger charge is -2.21. The average Bonchev–Trinajstić information content (AvgIpc) is 2.96. The van der Waals surface area contributed by atoms with Crippen molar-refractivity contribution in [1.82, 2.24) is 9.13 Å². The number of carboxylic acids is 1. The number of benzene rings is 2. The third kappa shape index (κ3) is 4.87. The Morgan fingerprint density at radius 3 is 2.22 bits per heavy atom. The van der Waals surface area contributed by atoms with Crippen LogP contribution in [-0.2, 0) is 18.5 Å². The van der Waals surface area contributed by atoms with E-state index in [9.17, 15) is 14.7 Å². The number of carbonyl (C=O) groups is 1. The van der Waals surface area contributed by atoms with E-state index in [2.05, 4.69) is 34.6 Å². The zero-order valence-corrected chi connectivity index (χ0v) is 20.0. The van der Waals surface area contributed by atoms with Crippen molar-refractivity contribution in [2.45, 2.75) is 66.5 Å². The summed E-state index contributed by atoms with van der Waals surface area (Å²) in [6.45, 7) is 13.1. The van der Waals surface area contributed by atoms with Crippen molar-refractivity contribution in [3.63, 3.8) is 0 Å². The Balaban J connectivity index is 1.98. The number of hydrogen-bond donors (Lipinski definition) is 1. The van der Waals surface area contributed by atoms with Gasteiger partial charge in [-0.2, -0.15) is 0 Å². The number of aromatic carboxylic acids is 1. The molecule has 0 saturated heterocycles. The molecule has 0 aliphatic carbocycles. The van der Waals surface area contributed by atoms with Crippen molar-refractivity contribution < 1.29 is 9.90 Å². The van der Waals surface area contributed by atoms with E-state index in [1.807, 2.05) is 52.5 Å². The number of rotatable bonds is 7. The summed E-state index contributed by atoms with van der Waals surface area (Å²) in [5.41, 5.74) is 4.70. The summed E-state index contributed by atoms with van der Waals surface area (Å²) in [4.78, 5) is 24.9. The molecule has 0 bridgehead atoms. The van der Waals surface area contributed by atoms with Gasteiger partial charge in [0.25, 0.3) is 0 Å². The molecular weight excluding hydrogens is 400 g/mol. The second kappa shape index (κ2) is 9.19. The molecule has 5 heteroatoms. The first-order chi connectivity index (χ1) is 15.0. The highest BCUT2D eigenvalue weighted by Crippen LogP contribution is 2.25. The molecule has 5 nitrogen and oxygen atoms in total. The summed E-state index contributed by atoms with van der Waals surface area (Å²) in [6, 6.07) is 14.8. The lowest BCUT2D eigenvalue weighted by molar-refractivity contribution is 0.0697. The summed E-state index contributed by atoms with van der Waals surface area (Å²) >= 11 is 0. The van der Waals surface area contributed by atoms with Gasteiger partial charge in [0.05, 0.1) is 12.1 Å². The van der Waals surface area contributed by atoms with Crippen LogP contribution in [0.5, 0.6) is 0 Å². The van der Waals surface area contributed by atoms with Crippen molar-refractivity contribution in [2.75, 3.05) is 0 Å². The number of imidazole rings is 1. The van der Waals surface area contributed by atoms with Crippen LogP contribution in [0.2, 0.25) is 0 Å². The van der Waals surface area contributed by atoms with E-state index in [0.717, 1.165) is 35.4 Å². The summed E-state index contributed by atoms with van der Waals surface area (Å²) < 4.78 is 3.81. The second-order valence-electron chi connectivity index (χ2n) is 9.89. The Bertz CT molecular complexity index is 1160. The van der Waals surface area contributed by atoms with Crippen LogP contribution < -0.4 is 5.69 Å². The standard InChI is InChI=1S/C27H34N2O3/c1-18(2)11-16-24-19(3)29(27(4,5)6)26(32)28(24)17-20-12-14-21(15-13-20)22-9-7-8-10-23(22)25(30)31/h7-10,12-15,18H,11,16-17H2,1-6H3,(H,30,31). The monoisotopic (exact) mass is 434 g/mol. The van der Waals surface area contributed by atoms with Crippen molar-refractivity contribution in [2.24, 2.45) is 5.92 Å². The molecule has 170 valence electrons. The molecule has 0 unspecified atom stereocenters. The summed E-state index contributed by atoms with van der Waals surface area (Å²) in [5, 5.41) is 9.48. The molecular formula is C27H34N2O3. The topological polar surface area (TPSA) is 64.2 Å². The average molecular weight is 435 g/mol. The maximum absolute atomic E-state index is 13.4. The van der Waals surface area contributed by atoms with E-state index in [0.29, 0.717) is 18.0 Å². The number of nitrogens with zero attached hydrogens (tertiary/aromatic N) is 2. The molecule has 2 aromatic carbocycles. The van der Waals surface area contributed by atoms with E-state index in [1.165, 1.54) is 0 Å². The van der Waals surface area contributed by atoms with E-state index >= 15 is 0 Å². The molecule has 0 spiro atoms. The molecule has 1 aromatic heterocycles. The fourth-order valence-corrected chi connectivity index (χ4v) is 4.29. The van der Waals surface area contributed by atoms with Gasteiger partial charge in [0, 0.05) is 16.9 Å². The summed E-state index contributed by atoms with van der Waals surface area (Å²) in [6.07, 6.45) is 1.89. The minimum absolute atomic E-state index is 0.0223. The molecule has 1 heterocycles. The number of carboxylic acid groups (broad SMARTS) is 1. The fraction of sp³-hybridized carbons (Fsp3) is 0.407. The lowest BCUT2D eigenvalue weighted by Crippen LogP contribution is -2.35. The molecule has 1 N–H and O–H groups in total. The first kappa shape index (κ1) is 23.6. The van der Waals surface area contributed by atoms with Crippen molar-refractivity contribution in [3.05, 3.63) is 81.5 Å². The summed E-state index contributed by atoms with van der Waals surface area (Å²) in [7, 11) is 0. The van der Waals surface area contributed by atoms with Crippen LogP contribution in [-0.4, -0.2) is 20.2 Å². The maximum atomic E-state index is 13.4. The predicted molar refractivity (Wildman–Crippen MR) is 130 cm³/mol. The minimum Gasteiger partial charge on any atom is -0.478 e. The van der Waals surface area contributed by atoms with Gasteiger partial charge in [0.1, 0.15) is 0 Å². The summed E-state index contributed by atoms with van der Waals surface area (Å²) in [5.74, 6) is -0.380. The Morgan fingerprint density at radius 2 is 1.66 bits per heavy atom. The molecule has 0 aliphatic heterocycles. The van der Waals surface area contributed by atoms with Crippen LogP contribution in [0, 0.1) is 12.8 Å². The molecule has 0 fully saturated rings. The third-order valence-corrected chi connectivity index (χ3v) is 5.89. The zero-order valence-electron chi connectivity index (χ0n) is 20.0. The van der Waals surface area contributed by atoms with Crippen LogP contribution >= 0.6 is 0 Å². The maximum Gasteiger partial charge on any atom is 0.336 e. The largest absolute Gasteiger partial charge is 0.478 e. The molecule has 0 amide bonds. The van der Waals surface area contributed by atoms with Crippen molar-refractivity contribution in [1.29, 1.82) is 0 Å². The van der Waals surface area contributed by atoms with Crippen LogP contribution in [0.15, 0.2) is 53.3 Å². The first-order valence-electron chi connectivity index (χ1n) is 11.2. The van der Waals surface area contributed by atoms with Crippen LogP contribution in [0.1, 0.15) is 68.3 Å². The smallest absolute Gasteiger partial charge is 0.336 e. The van der Waals surface area contributed by atoms with Crippen LogP contribution in [0.3, 0.4) is 0 Å². The van der Waals surface area contributed by atoms with Crippen LogP contribution in [0.4, 0.5) is 0 Å². The van der Waals surface area contributed by atoms with Crippen LogP contribution in [0.25, 0.3) is 11.1 Å². The van der Waals surface area contributed by atoms with E-state index in [4.69, 9.17) is 0 Å². The van der Waals surface area contributed by atoms with E-state index < -0.39 is 5.97 Å². The number of aromatic nitrogens is 2. The molecule has 0 atom stereocenters. The third-order valence-electron chi connectivity index (χ3n) is 5.89. The normalized spacial score (nSPS) is 11.8. The Labute approximate surface area is 190 Å². The molecule has 32 heavy (non-hydrogen) atoms. The highest BCUT2D eigenvalue weighted by Gasteiger charge is 2.24. The van der Waals surface area contributed by atoms with Crippen molar-refractivity contribution in [3.8, 4) is 11.1 Å². The zero-order chi connectivity index (χ0) is 23.6. The highest BCUT2D eigenvalue weighted by atomic mass is 16.4. The van der Waals surface area contributed by atoms with Gasteiger partial charge in [-0.1, -0.05) is 56.3 Å². The van der Waals surface area contributed by atoms with Gasteiger partial charge < -0.3 is 5.11 Å². The second-order valence-corrected chi connectivity index (χ2v) is 9.89. The molecule has 3 rings (SSSR count). The van der Waals surface area contributed by atoms with E-state index in [-0.39, 0.29) is 16.8 Å². The lowest BCUT2D eigenvalue weighted by atomic mass is 9.98. The fourth-order valence-electron chi connectivity index (χ4n) is 4.29. The predicted octanol–water partition coefficient (Wildman–Crippen LogP) is 5.72. The van der Waals surface area contributed by atoms with Gasteiger partial charge in [-0.25, -0.2) is 9.59 Å². The van der Waals surface area contributed by atoms with Gasteiger partial charge in [-0.3, -0.25) is 9.13 Å². The molecule has 0 radical (unpaired) electrons. The van der Waals surface area contributed by atoms with Gasteiger partial charge in [0.15, 0.2) is 0 Å². The molecule has 3 aromatic rings. The van der Waals surface area contributed by atoms with Gasteiger partial charge >= 0.3 is 11.7 Å². The van der Waals surface area contributed by atoms with Crippen molar-refractivity contribution >= 4 is 5.97 Å². The number of hydrogen-bond acceptors (Lipinski definition) is 2. The SMILES string of the molecule is Cc1c(CCC(C)C)n(Cc2ccc(-c3ccccc3C(=O)O)cc2)c(=O)n1C(C)(C)C.